The molecule has 98 valence electrons. The van der Waals surface area contributed by atoms with E-state index in [-0.39, 0.29) is 5.91 Å². The van der Waals surface area contributed by atoms with E-state index in [9.17, 15) is 4.79 Å². The van der Waals surface area contributed by atoms with Gasteiger partial charge < -0.3 is 0 Å². The van der Waals surface area contributed by atoms with Gasteiger partial charge in [0.2, 0.25) is 5.91 Å². The maximum absolute atomic E-state index is 11.7. The second-order valence-electron chi connectivity index (χ2n) is 3.73. The third-order valence-electron chi connectivity index (χ3n) is 2.25. The molecule has 1 amide bonds. The van der Waals surface area contributed by atoms with Crippen molar-refractivity contribution in [3.05, 3.63) is 51.0 Å². The lowest BCUT2D eigenvalue weighted by Crippen LogP contribution is -2.07. The number of carbonyl (C=O) groups excluding carboxylic acids is 1. The Kier molecular flexibility index (Phi) is 4.58. The molecule has 1 aromatic heterocycles. The van der Waals surface area contributed by atoms with Crippen LogP contribution in [-0.4, -0.2) is 10.9 Å². The van der Waals surface area contributed by atoms with Crippen molar-refractivity contribution in [2.75, 3.05) is 5.32 Å². The first-order valence-corrected chi connectivity index (χ1v) is 6.99. The quantitative estimate of drug-likeness (QED) is 0.853. The third-order valence-corrected chi connectivity index (χ3v) is 3.74. The highest BCUT2D eigenvalue weighted by atomic mass is 35.5. The largest absolute Gasteiger partial charge is 0.298 e. The number of aromatic nitrogens is 1. The van der Waals surface area contributed by atoms with Crippen LogP contribution in [0.3, 0.4) is 0 Å². The van der Waals surface area contributed by atoms with Gasteiger partial charge >= 0.3 is 0 Å². The second kappa shape index (κ2) is 6.19. The van der Waals surface area contributed by atoms with Crippen LogP contribution in [0.1, 0.15) is 10.4 Å². The van der Waals surface area contributed by atoms with Gasteiger partial charge in [0.25, 0.3) is 0 Å². The van der Waals surface area contributed by atoms with Crippen LogP contribution < -0.4 is 5.32 Å². The topological polar surface area (TPSA) is 42.0 Å². The Hall–Kier alpha value is -1.36. The molecule has 0 spiro atoms. The van der Waals surface area contributed by atoms with Gasteiger partial charge in [-0.15, -0.1) is 11.3 Å². The fraction of sp³-hybridized carbons (Fsp3) is 0.0769. The minimum atomic E-state index is -0.273. The van der Waals surface area contributed by atoms with Crippen molar-refractivity contribution >= 4 is 51.7 Å². The smallest absolute Gasteiger partial charge is 0.250 e. The highest BCUT2D eigenvalue weighted by Gasteiger charge is 2.04. The molecular weight excluding hydrogens is 303 g/mol. The van der Waals surface area contributed by atoms with Gasteiger partial charge in [-0.05, 0) is 25.1 Å². The van der Waals surface area contributed by atoms with Crippen LogP contribution in [0.25, 0.3) is 6.08 Å². The fourth-order valence-corrected chi connectivity index (χ4v) is 2.58. The highest BCUT2D eigenvalue weighted by molar-refractivity contribution is 7.15. The summed E-state index contributed by atoms with van der Waals surface area (Å²) in [5.41, 5.74) is 0.622. The number of hydrogen-bond acceptors (Lipinski definition) is 3. The number of carbonyl (C=O) groups is 1. The lowest BCUT2D eigenvalue weighted by atomic mass is 10.2. The zero-order valence-electron chi connectivity index (χ0n) is 9.98. The van der Waals surface area contributed by atoms with E-state index in [1.54, 1.807) is 30.5 Å². The molecule has 3 nitrogen and oxygen atoms in total. The van der Waals surface area contributed by atoms with Crippen LogP contribution in [0, 0.1) is 6.92 Å². The monoisotopic (exact) mass is 312 g/mol. The number of aryl methyl sites for hydroxylation is 1. The molecule has 1 heterocycles. The van der Waals surface area contributed by atoms with E-state index in [0.29, 0.717) is 20.7 Å². The molecule has 2 rings (SSSR count). The molecule has 1 N–H and O–H groups in total. The fourth-order valence-electron chi connectivity index (χ4n) is 1.39. The lowest BCUT2D eigenvalue weighted by Gasteiger charge is -2.00. The van der Waals surface area contributed by atoms with Gasteiger partial charge in [0.1, 0.15) is 0 Å². The number of rotatable bonds is 3. The molecule has 0 bridgehead atoms. The first kappa shape index (κ1) is 14.1. The van der Waals surface area contributed by atoms with Crippen LogP contribution >= 0.6 is 34.5 Å². The standard InChI is InChI=1S/C13H10Cl2N2OS/c1-8-7-16-13(19-8)17-12(18)6-5-9-10(14)3-2-4-11(9)15/h2-7H,1H3,(H,16,17,18)/b6-5+. The number of thiazole rings is 1. The van der Waals surface area contributed by atoms with Gasteiger partial charge in [-0.25, -0.2) is 4.98 Å². The van der Waals surface area contributed by atoms with Crippen molar-refractivity contribution in [2.24, 2.45) is 0 Å². The molecule has 19 heavy (non-hydrogen) atoms. The first-order valence-electron chi connectivity index (χ1n) is 5.42. The molecule has 6 heteroatoms. The molecule has 0 aliphatic heterocycles. The van der Waals surface area contributed by atoms with E-state index in [4.69, 9.17) is 23.2 Å². The second-order valence-corrected chi connectivity index (χ2v) is 5.78. The SMILES string of the molecule is Cc1cnc(NC(=O)/C=C/c2c(Cl)cccc2Cl)s1. The average molecular weight is 313 g/mol. The summed E-state index contributed by atoms with van der Waals surface area (Å²) in [4.78, 5) is 16.8. The Morgan fingerprint density at radius 2 is 2.05 bits per heavy atom. The zero-order valence-corrected chi connectivity index (χ0v) is 12.3. The lowest BCUT2D eigenvalue weighted by molar-refractivity contribution is -0.111. The Balaban J connectivity index is 2.08. The van der Waals surface area contributed by atoms with Gasteiger partial charge in [0.05, 0.1) is 0 Å². The molecule has 0 atom stereocenters. The molecule has 1 aromatic carbocycles. The predicted octanol–water partition coefficient (Wildman–Crippen LogP) is 4.41. The molecule has 0 aliphatic carbocycles. The molecule has 0 radical (unpaired) electrons. The van der Waals surface area contributed by atoms with Crippen molar-refractivity contribution in [2.45, 2.75) is 6.92 Å². The summed E-state index contributed by atoms with van der Waals surface area (Å²) in [6, 6.07) is 5.19. The zero-order chi connectivity index (χ0) is 13.8. The van der Waals surface area contributed by atoms with E-state index >= 15 is 0 Å². The number of nitrogens with zero attached hydrogens (tertiary/aromatic N) is 1. The van der Waals surface area contributed by atoms with E-state index in [2.05, 4.69) is 10.3 Å². The highest BCUT2D eigenvalue weighted by Crippen LogP contribution is 2.25. The molecule has 0 saturated carbocycles. The van der Waals surface area contributed by atoms with Gasteiger partial charge in [0, 0.05) is 32.8 Å². The van der Waals surface area contributed by atoms with E-state index in [1.807, 2.05) is 6.92 Å². The molecule has 0 saturated heterocycles. The van der Waals surface area contributed by atoms with Crippen LogP contribution in [0.4, 0.5) is 5.13 Å². The molecule has 2 aromatic rings. The number of nitrogens with one attached hydrogen (secondary N) is 1. The van der Waals surface area contributed by atoms with Crippen molar-refractivity contribution < 1.29 is 4.79 Å². The summed E-state index contributed by atoms with van der Waals surface area (Å²) >= 11 is 13.4. The van der Waals surface area contributed by atoms with Gasteiger partial charge in [-0.3, -0.25) is 10.1 Å². The van der Waals surface area contributed by atoms with Crippen LogP contribution in [0.2, 0.25) is 10.0 Å². The number of benzene rings is 1. The Morgan fingerprint density at radius 1 is 1.37 bits per heavy atom. The minimum Gasteiger partial charge on any atom is -0.298 e. The summed E-state index contributed by atoms with van der Waals surface area (Å²) in [7, 11) is 0. The number of halogens is 2. The van der Waals surface area contributed by atoms with Crippen LogP contribution in [-0.2, 0) is 4.79 Å². The maximum Gasteiger partial charge on any atom is 0.250 e. The van der Waals surface area contributed by atoms with Crippen molar-refractivity contribution in [3.8, 4) is 0 Å². The molecular formula is C13H10Cl2N2OS. The minimum absolute atomic E-state index is 0.273. The number of anilines is 1. The summed E-state index contributed by atoms with van der Waals surface area (Å²) in [5, 5.41) is 4.24. The van der Waals surface area contributed by atoms with Crippen LogP contribution in [0.5, 0.6) is 0 Å². The molecule has 0 fully saturated rings. The van der Waals surface area contributed by atoms with Crippen LogP contribution in [0.15, 0.2) is 30.5 Å². The molecule has 0 unspecified atom stereocenters. The summed E-state index contributed by atoms with van der Waals surface area (Å²) < 4.78 is 0. The molecule has 0 aliphatic rings. The Morgan fingerprint density at radius 3 is 2.63 bits per heavy atom. The Labute approximate surface area is 124 Å². The summed E-state index contributed by atoms with van der Waals surface area (Å²) in [5.74, 6) is -0.273. The van der Waals surface area contributed by atoms with Crippen molar-refractivity contribution in [3.63, 3.8) is 0 Å². The first-order chi connectivity index (χ1) is 9.06. The summed E-state index contributed by atoms with van der Waals surface area (Å²) in [6.45, 7) is 1.92. The maximum atomic E-state index is 11.7. The normalized spacial score (nSPS) is 10.9. The van der Waals surface area contributed by atoms with Gasteiger partial charge in [-0.2, -0.15) is 0 Å². The van der Waals surface area contributed by atoms with Gasteiger partial charge in [-0.1, -0.05) is 29.3 Å². The van der Waals surface area contributed by atoms with E-state index in [0.717, 1.165) is 4.88 Å². The summed E-state index contributed by atoms with van der Waals surface area (Å²) in [6.07, 6.45) is 4.67. The Bertz CT molecular complexity index is 617. The average Bonchev–Trinajstić information content (AvgIpc) is 2.74. The van der Waals surface area contributed by atoms with E-state index in [1.165, 1.54) is 17.4 Å². The van der Waals surface area contributed by atoms with Crippen molar-refractivity contribution in [1.82, 2.24) is 4.98 Å². The predicted molar refractivity (Wildman–Crippen MR) is 81.0 cm³/mol. The number of amides is 1. The van der Waals surface area contributed by atoms with Gasteiger partial charge in [0.15, 0.2) is 5.13 Å². The van der Waals surface area contributed by atoms with Crippen molar-refractivity contribution in [1.29, 1.82) is 0 Å². The number of hydrogen-bond donors (Lipinski definition) is 1. The third kappa shape index (κ3) is 3.80. The van der Waals surface area contributed by atoms with E-state index < -0.39 is 0 Å².